The highest BCUT2D eigenvalue weighted by molar-refractivity contribution is 7.89. The first-order valence-electron chi connectivity index (χ1n) is 18.6. The van der Waals surface area contributed by atoms with Crippen molar-refractivity contribution >= 4 is 39.6 Å². The molecule has 0 bridgehead atoms. The molecule has 4 N–H and O–H groups in total. The second-order valence-corrected chi connectivity index (χ2v) is 19.0. The van der Waals surface area contributed by atoms with E-state index in [1.54, 1.807) is 0 Å². The lowest BCUT2D eigenvalue weighted by molar-refractivity contribution is -0.147. The molecule has 1 unspecified atom stereocenters. The standard InChI is InChI=1S/C38H55F3N6O7S/c1-9-17-42-33(50)31(48)26(15-16-38(39,40)41)43-32(49)30-28-25(37(28,6)7)20-47(30)34(51)29(24-18-22-13-11-12-14-23(22)19-24)45-35(52)44-27(36(3,4)5)21-46(8)55(53,54)10-2/h9,11-14,24-30H,1,10,15-21H2,2-8H3,(H,42,50)(H,43,49)(H2,44,45,52)/t25-,26?,27+,28-,29-,30-/m0/s1. The summed E-state index contributed by atoms with van der Waals surface area (Å²) in [5.74, 6) is -4.99. The van der Waals surface area contributed by atoms with Crippen LogP contribution in [-0.2, 0) is 42.0 Å². The minimum atomic E-state index is -4.68. The fourth-order valence-corrected chi connectivity index (χ4v) is 8.73. The monoisotopic (exact) mass is 796 g/mol. The summed E-state index contributed by atoms with van der Waals surface area (Å²) >= 11 is 0. The number of carbonyl (C=O) groups is 5. The fraction of sp³-hybridized carbons (Fsp3) is 0.658. The van der Waals surface area contributed by atoms with E-state index in [1.165, 1.54) is 29.3 Å². The largest absolute Gasteiger partial charge is 0.389 e. The lowest BCUT2D eigenvalue weighted by Gasteiger charge is -2.37. The summed E-state index contributed by atoms with van der Waals surface area (Å²) in [5.41, 5.74) is 0.963. The molecule has 0 spiro atoms. The Bertz CT molecular complexity index is 1740. The van der Waals surface area contributed by atoms with Gasteiger partial charge < -0.3 is 26.2 Å². The predicted molar refractivity (Wildman–Crippen MR) is 200 cm³/mol. The van der Waals surface area contributed by atoms with Crippen molar-refractivity contribution in [3.63, 3.8) is 0 Å². The van der Waals surface area contributed by atoms with Gasteiger partial charge in [0.1, 0.15) is 12.1 Å². The average molecular weight is 797 g/mol. The zero-order valence-electron chi connectivity index (χ0n) is 32.6. The van der Waals surface area contributed by atoms with Crippen LogP contribution in [0.3, 0.4) is 0 Å². The number of amides is 5. The number of sulfonamides is 1. The third-order valence-corrected chi connectivity index (χ3v) is 13.3. The number of nitrogens with zero attached hydrogens (tertiary/aromatic N) is 2. The summed E-state index contributed by atoms with van der Waals surface area (Å²) in [5, 5.41) is 10.4. The van der Waals surface area contributed by atoms with Crippen molar-refractivity contribution in [3.05, 3.63) is 48.0 Å². The number of likely N-dealkylation sites (N-methyl/N-ethyl adjacent to an activating group) is 1. The topological polar surface area (TPSA) is 174 Å². The second-order valence-electron chi connectivity index (χ2n) is 16.6. The number of hydrogen-bond donors (Lipinski definition) is 4. The van der Waals surface area contributed by atoms with E-state index in [4.69, 9.17) is 0 Å². The van der Waals surface area contributed by atoms with Crippen molar-refractivity contribution in [2.45, 2.75) is 97.6 Å². The molecule has 0 radical (unpaired) electrons. The van der Waals surface area contributed by atoms with Gasteiger partial charge >= 0.3 is 12.2 Å². The number of alkyl halides is 3. The summed E-state index contributed by atoms with van der Waals surface area (Å²) in [7, 11) is -2.15. The average Bonchev–Trinajstić information content (AvgIpc) is 3.46. The van der Waals surface area contributed by atoms with Crippen molar-refractivity contribution < 1.29 is 45.6 Å². The third kappa shape index (κ3) is 10.3. The van der Waals surface area contributed by atoms with Crippen LogP contribution in [0.15, 0.2) is 36.9 Å². The Labute approximate surface area is 321 Å². The summed E-state index contributed by atoms with van der Waals surface area (Å²) in [6.45, 7) is 14.3. The number of likely N-dealkylation sites (tertiary alicyclic amines) is 1. The van der Waals surface area contributed by atoms with E-state index >= 15 is 0 Å². The molecule has 1 heterocycles. The number of ketones is 1. The Kier molecular flexibility index (Phi) is 13.2. The fourth-order valence-electron chi connectivity index (χ4n) is 7.91. The first-order valence-corrected chi connectivity index (χ1v) is 20.2. The van der Waals surface area contributed by atoms with E-state index in [2.05, 4.69) is 27.8 Å². The molecular formula is C38H55F3N6O7S. The number of benzene rings is 1. The molecule has 55 heavy (non-hydrogen) atoms. The van der Waals surface area contributed by atoms with Gasteiger partial charge in [-0.3, -0.25) is 19.2 Å². The van der Waals surface area contributed by atoms with E-state index < -0.39 is 105 Å². The zero-order chi connectivity index (χ0) is 41.3. The van der Waals surface area contributed by atoms with Gasteiger partial charge in [-0.25, -0.2) is 17.5 Å². The van der Waals surface area contributed by atoms with Gasteiger partial charge in [0.25, 0.3) is 5.91 Å². The van der Waals surface area contributed by atoms with Gasteiger partial charge in [0.05, 0.1) is 11.8 Å². The zero-order valence-corrected chi connectivity index (χ0v) is 33.4. The summed E-state index contributed by atoms with van der Waals surface area (Å²) < 4.78 is 66.3. The quantitative estimate of drug-likeness (QED) is 0.147. The van der Waals surface area contributed by atoms with E-state index in [1.807, 2.05) is 58.9 Å². The van der Waals surface area contributed by atoms with Gasteiger partial charge in [-0.05, 0) is 65.9 Å². The Morgan fingerprint density at radius 1 is 1.04 bits per heavy atom. The maximum absolute atomic E-state index is 14.8. The number of hydrogen-bond acceptors (Lipinski definition) is 7. The number of nitrogens with one attached hydrogen (secondary N) is 4. The van der Waals surface area contributed by atoms with Crippen LogP contribution >= 0.6 is 0 Å². The van der Waals surface area contributed by atoms with Crippen LogP contribution in [0.5, 0.6) is 0 Å². The maximum atomic E-state index is 14.8. The molecule has 3 aliphatic rings. The van der Waals surface area contributed by atoms with Crippen molar-refractivity contribution in [1.82, 2.24) is 30.5 Å². The molecule has 17 heteroatoms. The molecule has 5 amide bonds. The van der Waals surface area contributed by atoms with Gasteiger partial charge in [-0.15, -0.1) is 6.58 Å². The summed E-state index contributed by atoms with van der Waals surface area (Å²) in [6.07, 6.45) is -4.85. The van der Waals surface area contributed by atoms with Gasteiger partial charge in [-0.2, -0.15) is 13.2 Å². The van der Waals surface area contributed by atoms with Crippen LogP contribution in [-0.4, -0.2) is 110 Å². The summed E-state index contributed by atoms with van der Waals surface area (Å²) in [4.78, 5) is 69.7. The highest BCUT2D eigenvalue weighted by Gasteiger charge is 2.70. The van der Waals surface area contributed by atoms with Gasteiger partial charge in [0.15, 0.2) is 0 Å². The van der Waals surface area contributed by atoms with E-state index in [9.17, 15) is 45.6 Å². The van der Waals surface area contributed by atoms with Crippen LogP contribution in [0.2, 0.25) is 0 Å². The molecule has 2 fully saturated rings. The van der Waals surface area contributed by atoms with Crippen molar-refractivity contribution in [2.24, 2.45) is 28.6 Å². The molecule has 2 aliphatic carbocycles. The van der Waals surface area contributed by atoms with Crippen LogP contribution in [0, 0.1) is 28.6 Å². The van der Waals surface area contributed by atoms with Crippen LogP contribution in [0.1, 0.15) is 65.5 Å². The highest BCUT2D eigenvalue weighted by Crippen LogP contribution is 2.65. The normalized spacial score (nSPS) is 22.2. The number of piperidine rings is 1. The summed E-state index contributed by atoms with van der Waals surface area (Å²) in [6, 6.07) is 2.05. The molecule has 1 aliphatic heterocycles. The van der Waals surface area contributed by atoms with Crippen molar-refractivity contribution in [3.8, 4) is 0 Å². The molecule has 1 aromatic carbocycles. The van der Waals surface area contributed by atoms with E-state index in [0.29, 0.717) is 12.8 Å². The molecule has 1 aromatic rings. The van der Waals surface area contributed by atoms with Crippen LogP contribution < -0.4 is 21.3 Å². The molecule has 306 valence electrons. The number of urea groups is 1. The Morgan fingerprint density at radius 2 is 1.64 bits per heavy atom. The third-order valence-electron chi connectivity index (χ3n) is 11.5. The Balaban J connectivity index is 1.63. The number of halogens is 3. The molecule has 1 saturated carbocycles. The van der Waals surface area contributed by atoms with E-state index in [0.717, 1.165) is 11.1 Å². The van der Waals surface area contributed by atoms with E-state index in [-0.39, 0.29) is 31.3 Å². The Hall–Kier alpha value is -3.99. The number of Topliss-reactive ketones (excluding diaryl/α,β-unsaturated/α-hetero) is 1. The number of rotatable bonds is 16. The first kappa shape index (κ1) is 43.7. The molecule has 6 atom stereocenters. The number of fused-ring (bicyclic) bond motifs is 2. The number of carbonyl (C=O) groups excluding carboxylic acids is 5. The first-order chi connectivity index (χ1) is 25.4. The van der Waals surface area contributed by atoms with Crippen LogP contribution in [0.4, 0.5) is 18.0 Å². The molecule has 4 rings (SSSR count). The second kappa shape index (κ2) is 16.6. The highest BCUT2D eigenvalue weighted by atomic mass is 32.2. The molecule has 13 nitrogen and oxygen atoms in total. The molecular weight excluding hydrogens is 742 g/mol. The molecule has 0 aromatic heterocycles. The lowest BCUT2D eigenvalue weighted by atomic mass is 9.86. The lowest BCUT2D eigenvalue weighted by Crippen LogP contribution is -2.61. The molecule has 1 saturated heterocycles. The minimum absolute atomic E-state index is 0.0345. The van der Waals surface area contributed by atoms with Crippen molar-refractivity contribution in [2.75, 3.05) is 32.4 Å². The van der Waals surface area contributed by atoms with Gasteiger partial charge in [-0.1, -0.05) is 65.0 Å². The van der Waals surface area contributed by atoms with Crippen LogP contribution in [0.25, 0.3) is 0 Å². The van der Waals surface area contributed by atoms with Gasteiger partial charge in [0.2, 0.25) is 27.6 Å². The Morgan fingerprint density at radius 3 is 2.16 bits per heavy atom. The predicted octanol–water partition coefficient (Wildman–Crippen LogP) is 2.95. The minimum Gasteiger partial charge on any atom is -0.346 e. The van der Waals surface area contributed by atoms with Gasteiger partial charge in [0, 0.05) is 39.1 Å². The maximum Gasteiger partial charge on any atom is 0.389 e. The SMILES string of the molecule is C=CCNC(=O)C(=O)C(CCC(F)(F)F)NC(=O)[C@@H]1[C@@H]2[C@H](CN1C(=O)[C@@H](NC(=O)N[C@H](CN(C)S(=O)(=O)CC)C(C)(C)C)C1Cc3ccccc3C1)C2(C)C. The smallest absolute Gasteiger partial charge is 0.346 e. The van der Waals surface area contributed by atoms with Crippen molar-refractivity contribution in [1.29, 1.82) is 0 Å².